The van der Waals surface area contributed by atoms with Crippen LogP contribution in [0.5, 0.6) is 0 Å². The first-order valence-electron chi connectivity index (χ1n) is 7.99. The smallest absolute Gasteiger partial charge is 0.333 e. The number of aryl methyl sites for hydroxylation is 2. The van der Waals surface area contributed by atoms with Gasteiger partial charge in [0.05, 0.1) is 6.61 Å². The summed E-state index contributed by atoms with van der Waals surface area (Å²) >= 11 is 7.04. The summed E-state index contributed by atoms with van der Waals surface area (Å²) in [5.41, 5.74) is 1.63. The molecule has 0 radical (unpaired) electrons. The molecule has 1 heterocycles. The fraction of sp³-hybridized carbons (Fsp3) is 0.588. The second-order valence-electron chi connectivity index (χ2n) is 5.48. The third kappa shape index (κ3) is 7.31. The van der Waals surface area contributed by atoms with E-state index in [1.165, 1.54) is 5.56 Å². The van der Waals surface area contributed by atoms with Gasteiger partial charge in [-0.3, -0.25) is 0 Å². The zero-order valence-corrected chi connectivity index (χ0v) is 15.9. The minimum Gasteiger partial charge on any atom is -0.462 e. The summed E-state index contributed by atoms with van der Waals surface area (Å²) in [6.45, 7) is 10.7. The second-order valence-corrected chi connectivity index (χ2v) is 6.93. The van der Waals surface area contributed by atoms with Crippen molar-refractivity contribution in [1.82, 2.24) is 9.55 Å². The van der Waals surface area contributed by atoms with Gasteiger partial charge in [-0.2, -0.15) is 0 Å². The number of ether oxygens (including phenoxy) is 1. The van der Waals surface area contributed by atoms with Crippen LogP contribution in [-0.4, -0.2) is 27.9 Å². The van der Waals surface area contributed by atoms with Gasteiger partial charge < -0.3 is 9.30 Å². The number of unbranched alkanes of at least 4 members (excludes halogenated alkanes) is 3. The number of nitrogens with zero attached hydrogens (tertiary/aromatic N) is 2. The standard InChI is InChI=1S/C17H26N2O2S2/c1-5-19-12-14(4)15(18-17(19)22)23-11-9-7-6-8-10-21-16(20)13(2)3/h12H,2,5-11H2,1,3-4H3. The van der Waals surface area contributed by atoms with Crippen molar-refractivity contribution in [3.8, 4) is 0 Å². The molecule has 0 aliphatic rings. The van der Waals surface area contributed by atoms with Crippen LogP contribution in [0.2, 0.25) is 0 Å². The van der Waals surface area contributed by atoms with Gasteiger partial charge in [-0.15, -0.1) is 11.8 Å². The molecule has 1 rings (SSSR count). The monoisotopic (exact) mass is 354 g/mol. The Hall–Kier alpha value is -1.14. The van der Waals surface area contributed by atoms with Crippen molar-refractivity contribution < 1.29 is 9.53 Å². The zero-order valence-electron chi connectivity index (χ0n) is 14.3. The Morgan fingerprint density at radius 3 is 2.74 bits per heavy atom. The van der Waals surface area contributed by atoms with Crippen LogP contribution in [0.15, 0.2) is 23.4 Å². The van der Waals surface area contributed by atoms with Crippen molar-refractivity contribution in [2.75, 3.05) is 12.4 Å². The van der Waals surface area contributed by atoms with E-state index in [0.717, 1.165) is 43.0 Å². The first kappa shape index (κ1) is 19.9. The molecule has 0 aromatic carbocycles. The molecule has 1 aromatic heterocycles. The predicted octanol–water partition coefficient (Wildman–Crippen LogP) is 4.71. The number of hydrogen-bond donors (Lipinski definition) is 0. The lowest BCUT2D eigenvalue weighted by Crippen LogP contribution is -2.06. The molecule has 0 spiro atoms. The number of aromatic nitrogens is 2. The highest BCUT2D eigenvalue weighted by Gasteiger charge is 2.04. The highest BCUT2D eigenvalue weighted by atomic mass is 32.2. The van der Waals surface area contributed by atoms with E-state index >= 15 is 0 Å². The third-order valence-corrected chi connectivity index (χ3v) is 4.83. The number of thioether (sulfide) groups is 1. The van der Waals surface area contributed by atoms with Gasteiger partial charge in [0.15, 0.2) is 0 Å². The second kappa shape index (κ2) is 10.6. The van der Waals surface area contributed by atoms with E-state index in [1.54, 1.807) is 18.7 Å². The van der Waals surface area contributed by atoms with E-state index in [-0.39, 0.29) is 5.97 Å². The van der Waals surface area contributed by atoms with Gasteiger partial charge in [0.25, 0.3) is 0 Å². The summed E-state index contributed by atoms with van der Waals surface area (Å²) < 4.78 is 7.70. The summed E-state index contributed by atoms with van der Waals surface area (Å²) in [6, 6.07) is 0. The minimum absolute atomic E-state index is 0.296. The summed E-state index contributed by atoms with van der Waals surface area (Å²) in [4.78, 5) is 15.7. The van der Waals surface area contributed by atoms with Gasteiger partial charge in [0, 0.05) is 18.3 Å². The molecule has 0 fully saturated rings. The van der Waals surface area contributed by atoms with Crippen molar-refractivity contribution in [1.29, 1.82) is 0 Å². The number of rotatable bonds is 10. The Balaban J connectivity index is 2.18. The molecule has 6 heteroatoms. The Kier molecular flexibility index (Phi) is 9.17. The van der Waals surface area contributed by atoms with Crippen molar-refractivity contribution in [3.05, 3.63) is 28.7 Å². The molecule has 4 nitrogen and oxygen atoms in total. The van der Waals surface area contributed by atoms with Gasteiger partial charge in [-0.1, -0.05) is 19.4 Å². The van der Waals surface area contributed by atoms with Crippen LogP contribution in [0.25, 0.3) is 0 Å². The molecule has 23 heavy (non-hydrogen) atoms. The van der Waals surface area contributed by atoms with Crippen LogP contribution in [0.4, 0.5) is 0 Å². The van der Waals surface area contributed by atoms with Crippen LogP contribution in [-0.2, 0) is 16.1 Å². The third-order valence-electron chi connectivity index (χ3n) is 3.33. The van der Waals surface area contributed by atoms with Crippen LogP contribution in [0.1, 0.15) is 45.1 Å². The SMILES string of the molecule is C=C(C)C(=O)OCCCCCCSc1nc(=S)n(CC)cc1C. The Morgan fingerprint density at radius 1 is 1.39 bits per heavy atom. The maximum absolute atomic E-state index is 11.2. The van der Waals surface area contributed by atoms with Crippen LogP contribution < -0.4 is 0 Å². The molecular weight excluding hydrogens is 328 g/mol. The highest BCUT2D eigenvalue weighted by Crippen LogP contribution is 2.21. The van der Waals surface area contributed by atoms with Crippen molar-refractivity contribution in [3.63, 3.8) is 0 Å². The molecule has 0 saturated heterocycles. The van der Waals surface area contributed by atoms with E-state index in [9.17, 15) is 4.79 Å². The van der Waals surface area contributed by atoms with Crippen molar-refractivity contribution >= 4 is 29.9 Å². The fourth-order valence-corrected chi connectivity index (χ4v) is 3.27. The summed E-state index contributed by atoms with van der Waals surface area (Å²) in [6.07, 6.45) is 6.29. The molecule has 1 aromatic rings. The number of carbonyl (C=O) groups is 1. The van der Waals surface area contributed by atoms with Crippen LogP contribution in [0.3, 0.4) is 0 Å². The molecule has 0 saturated carbocycles. The fourth-order valence-electron chi connectivity index (χ4n) is 1.97. The molecule has 0 aliphatic carbocycles. The first-order chi connectivity index (χ1) is 11.0. The van der Waals surface area contributed by atoms with Crippen molar-refractivity contribution in [2.45, 2.75) is 58.0 Å². The summed E-state index contributed by atoms with van der Waals surface area (Å²) in [5.74, 6) is 0.736. The lowest BCUT2D eigenvalue weighted by Gasteiger charge is -2.09. The lowest BCUT2D eigenvalue weighted by molar-refractivity contribution is -0.139. The van der Waals surface area contributed by atoms with Crippen LogP contribution >= 0.6 is 24.0 Å². The number of hydrogen-bond acceptors (Lipinski definition) is 5. The summed E-state index contributed by atoms with van der Waals surface area (Å²) in [7, 11) is 0. The highest BCUT2D eigenvalue weighted by molar-refractivity contribution is 7.99. The molecule has 0 bridgehead atoms. The molecular formula is C17H26N2O2S2. The number of carbonyl (C=O) groups excluding carboxylic acids is 1. The topological polar surface area (TPSA) is 44.1 Å². The van der Waals surface area contributed by atoms with Gasteiger partial charge in [-0.05, 0) is 57.1 Å². The van der Waals surface area contributed by atoms with Gasteiger partial charge >= 0.3 is 5.97 Å². The number of esters is 1. The average molecular weight is 355 g/mol. The van der Waals surface area contributed by atoms with E-state index in [2.05, 4.69) is 31.6 Å². The Bertz CT molecular complexity index is 597. The Morgan fingerprint density at radius 2 is 2.09 bits per heavy atom. The van der Waals surface area contributed by atoms with Gasteiger partial charge in [-0.25, -0.2) is 9.78 Å². The maximum atomic E-state index is 11.2. The first-order valence-corrected chi connectivity index (χ1v) is 9.38. The molecule has 0 N–H and O–H groups in total. The summed E-state index contributed by atoms with van der Waals surface area (Å²) in [5, 5.41) is 1.04. The lowest BCUT2D eigenvalue weighted by atomic mass is 10.2. The molecule has 0 atom stereocenters. The Labute approximate surface area is 148 Å². The van der Waals surface area contributed by atoms with E-state index in [1.807, 2.05) is 4.57 Å². The minimum atomic E-state index is -0.296. The predicted molar refractivity (Wildman–Crippen MR) is 98.4 cm³/mol. The largest absolute Gasteiger partial charge is 0.462 e. The van der Waals surface area contributed by atoms with Crippen LogP contribution in [0, 0.1) is 11.7 Å². The van der Waals surface area contributed by atoms with Gasteiger partial charge in [0.1, 0.15) is 5.03 Å². The van der Waals surface area contributed by atoms with Gasteiger partial charge in [0.2, 0.25) is 4.77 Å². The molecule has 0 amide bonds. The maximum Gasteiger partial charge on any atom is 0.333 e. The normalized spacial score (nSPS) is 10.6. The zero-order chi connectivity index (χ0) is 17.2. The molecule has 0 unspecified atom stereocenters. The average Bonchev–Trinajstić information content (AvgIpc) is 2.52. The van der Waals surface area contributed by atoms with E-state index in [0.29, 0.717) is 17.0 Å². The molecule has 0 aliphatic heterocycles. The van der Waals surface area contributed by atoms with E-state index < -0.39 is 0 Å². The van der Waals surface area contributed by atoms with E-state index in [4.69, 9.17) is 17.0 Å². The van der Waals surface area contributed by atoms with Crippen molar-refractivity contribution in [2.24, 2.45) is 0 Å². The quantitative estimate of drug-likeness (QED) is 0.152. The molecule has 128 valence electrons.